The Morgan fingerprint density at radius 1 is 0.511 bits per heavy atom. The van der Waals surface area contributed by atoms with Crippen molar-refractivity contribution in [1.82, 2.24) is 19.9 Å². The summed E-state index contributed by atoms with van der Waals surface area (Å²) in [5, 5.41) is 4.81. The van der Waals surface area contributed by atoms with Crippen LogP contribution in [-0.4, -0.2) is 19.9 Å². The minimum absolute atomic E-state index is 0.986. The lowest BCUT2D eigenvalue weighted by Gasteiger charge is -2.13. The van der Waals surface area contributed by atoms with Crippen molar-refractivity contribution in [3.8, 4) is 11.1 Å². The Labute approximate surface area is 283 Å². The maximum Gasteiger partial charge on any atom is 0.0769 e. The Morgan fingerprint density at radius 2 is 1.04 bits per heavy atom. The maximum atomic E-state index is 5.46. The van der Waals surface area contributed by atoms with E-state index in [4.69, 9.17) is 9.97 Å². The average molecular weight is 678 g/mol. The van der Waals surface area contributed by atoms with E-state index >= 15 is 0 Å². The lowest BCUT2D eigenvalue weighted by molar-refractivity contribution is 1.29. The highest BCUT2D eigenvalue weighted by atomic mass is 79.9. The van der Waals surface area contributed by atoms with Gasteiger partial charge in [0.25, 0.3) is 0 Å². The van der Waals surface area contributed by atoms with E-state index in [0.717, 1.165) is 60.4 Å². The van der Waals surface area contributed by atoms with Crippen LogP contribution in [0, 0.1) is 27.7 Å². The van der Waals surface area contributed by atoms with E-state index in [1.807, 2.05) is 0 Å². The number of aromatic nitrogens is 4. The van der Waals surface area contributed by atoms with Crippen LogP contribution in [0.25, 0.3) is 77.0 Å². The molecule has 0 spiro atoms. The number of hydrogen-bond donors (Lipinski definition) is 2. The van der Waals surface area contributed by atoms with Crippen LogP contribution in [-0.2, 0) is 0 Å². The zero-order valence-electron chi connectivity index (χ0n) is 28.1. The van der Waals surface area contributed by atoms with Crippen molar-refractivity contribution < 1.29 is 0 Å². The zero-order valence-corrected chi connectivity index (χ0v) is 29.7. The highest BCUT2D eigenvalue weighted by Gasteiger charge is 2.23. The molecule has 0 aliphatic carbocycles. The first-order valence-electron chi connectivity index (χ1n) is 16.2. The fraction of sp³-hybridized carbons (Fsp3) is 0.190. The molecule has 5 heteroatoms. The highest BCUT2D eigenvalue weighted by Crippen LogP contribution is 2.43. The molecule has 2 aliphatic rings. The Kier molecular flexibility index (Phi) is 6.72. The number of nitrogens with zero attached hydrogens (tertiary/aromatic N) is 2. The normalized spacial score (nSPS) is 13.5. The molecular weight excluding hydrogens is 640 g/mol. The van der Waals surface area contributed by atoms with E-state index in [-0.39, 0.29) is 0 Å². The van der Waals surface area contributed by atoms with E-state index in [2.05, 4.69) is 148 Å². The second-order valence-corrected chi connectivity index (χ2v) is 14.1. The smallest absolute Gasteiger partial charge is 0.0769 e. The van der Waals surface area contributed by atoms with Gasteiger partial charge in [-0.15, -0.1) is 0 Å². The summed E-state index contributed by atoms with van der Waals surface area (Å²) in [5.74, 6) is 0. The summed E-state index contributed by atoms with van der Waals surface area (Å²) in [4.78, 5) is 18.2. The van der Waals surface area contributed by atoms with E-state index in [9.17, 15) is 0 Å². The number of hydrogen-bond acceptors (Lipinski definition) is 2. The van der Waals surface area contributed by atoms with Gasteiger partial charge in [0, 0.05) is 26.6 Å². The first-order valence-corrected chi connectivity index (χ1v) is 17.0. The topological polar surface area (TPSA) is 57.4 Å². The first kappa shape index (κ1) is 29.6. The van der Waals surface area contributed by atoms with Crippen molar-refractivity contribution in [1.29, 1.82) is 0 Å². The van der Waals surface area contributed by atoms with Crippen LogP contribution in [0.5, 0.6) is 0 Å². The predicted molar refractivity (Wildman–Crippen MR) is 204 cm³/mol. The summed E-state index contributed by atoms with van der Waals surface area (Å²) in [7, 11) is 0. The fourth-order valence-electron chi connectivity index (χ4n) is 7.16. The van der Waals surface area contributed by atoms with Crippen molar-refractivity contribution in [2.45, 2.75) is 55.4 Å². The largest absolute Gasteiger partial charge is 0.355 e. The molecule has 8 rings (SSSR count). The van der Waals surface area contributed by atoms with Crippen LogP contribution in [0.3, 0.4) is 0 Å². The molecule has 0 saturated carbocycles. The Hall–Kier alpha value is -4.74. The van der Waals surface area contributed by atoms with Crippen molar-refractivity contribution in [3.05, 3.63) is 116 Å². The minimum Gasteiger partial charge on any atom is -0.355 e. The lowest BCUT2D eigenvalue weighted by Crippen LogP contribution is -1.91. The number of aryl methyl sites for hydroxylation is 4. The molecule has 5 heterocycles. The molecule has 6 aromatic rings. The molecule has 8 bridgehead atoms. The summed E-state index contributed by atoms with van der Waals surface area (Å²) < 4.78 is 1.09. The van der Waals surface area contributed by atoms with Crippen LogP contribution in [0.4, 0.5) is 0 Å². The third-order valence-corrected chi connectivity index (χ3v) is 11.5. The number of rotatable bonds is 1. The van der Waals surface area contributed by atoms with Crippen molar-refractivity contribution >= 4 is 81.8 Å². The minimum atomic E-state index is 0.986. The van der Waals surface area contributed by atoms with Crippen LogP contribution >= 0.6 is 15.9 Å². The number of H-pyrrole nitrogens is 2. The van der Waals surface area contributed by atoms with E-state index in [1.165, 1.54) is 66.1 Å². The van der Waals surface area contributed by atoms with Gasteiger partial charge < -0.3 is 9.97 Å². The average Bonchev–Trinajstić information content (AvgIpc) is 3.68. The van der Waals surface area contributed by atoms with Crippen LogP contribution in [0.2, 0.25) is 0 Å². The first-order chi connectivity index (χ1) is 22.5. The van der Waals surface area contributed by atoms with Gasteiger partial charge in [0.15, 0.2) is 0 Å². The molecule has 2 aliphatic heterocycles. The maximum absolute atomic E-state index is 5.46. The quantitative estimate of drug-likeness (QED) is 0.170. The number of aromatic amines is 2. The Bertz CT molecular complexity index is 2610. The van der Waals surface area contributed by atoms with Gasteiger partial charge in [0.2, 0.25) is 0 Å². The number of halogens is 1. The van der Waals surface area contributed by atoms with Gasteiger partial charge in [-0.1, -0.05) is 46.3 Å². The van der Waals surface area contributed by atoms with Gasteiger partial charge in [-0.2, -0.15) is 0 Å². The van der Waals surface area contributed by atoms with Gasteiger partial charge in [0.05, 0.1) is 28.3 Å². The molecule has 0 saturated heterocycles. The molecule has 2 N–H and O–H groups in total. The van der Waals surface area contributed by atoms with Gasteiger partial charge in [-0.05, 0) is 163 Å². The molecular formula is C42H37BrN4. The number of benzene rings is 3. The monoisotopic (exact) mass is 676 g/mol. The SMILES string of the molecule is CC1=C(C)c2cc3[nH]c(c(C)c3C)c(-c3cccc4cc5cccc(Br)c5cc34)c3nc(cc4[nH]c(cc1n2)c(C)c4C)C(C)=C3C. The van der Waals surface area contributed by atoms with Crippen molar-refractivity contribution in [2.24, 2.45) is 0 Å². The number of nitrogens with one attached hydrogen (secondary N) is 2. The molecule has 47 heavy (non-hydrogen) atoms. The molecule has 0 atom stereocenters. The van der Waals surface area contributed by atoms with Crippen molar-refractivity contribution in [2.75, 3.05) is 0 Å². The third-order valence-electron chi connectivity index (χ3n) is 10.8. The second-order valence-electron chi connectivity index (χ2n) is 13.2. The molecule has 232 valence electrons. The lowest BCUT2D eigenvalue weighted by atomic mass is 9.92. The summed E-state index contributed by atoms with van der Waals surface area (Å²) in [6.45, 7) is 17.6. The predicted octanol–water partition coefficient (Wildman–Crippen LogP) is 12.2. The molecule has 3 aromatic heterocycles. The van der Waals surface area contributed by atoms with E-state index in [1.54, 1.807) is 0 Å². The van der Waals surface area contributed by atoms with Gasteiger partial charge >= 0.3 is 0 Å². The standard InChI is InChI=1S/C42H37BrN4/c1-20-22(3)36-18-38-24(5)26(7)41(46-38)40(30-13-9-11-28-15-29-12-10-14-33(43)32(29)16-31(28)30)42-27(8)25(6)39(47-42)19-37-23(4)21(2)35(45-37)17-34(20)44-36/h9-19,44,47H,1-8H3. The molecule has 3 aromatic carbocycles. The number of allylic oxidation sites excluding steroid dienone is 4. The molecule has 0 amide bonds. The van der Waals surface area contributed by atoms with Gasteiger partial charge in [-0.3, -0.25) is 0 Å². The van der Waals surface area contributed by atoms with Crippen LogP contribution < -0.4 is 0 Å². The second kappa shape index (κ2) is 10.6. The Balaban J connectivity index is 1.60. The van der Waals surface area contributed by atoms with E-state index < -0.39 is 0 Å². The Morgan fingerprint density at radius 3 is 1.70 bits per heavy atom. The summed E-state index contributed by atoms with van der Waals surface area (Å²) >= 11 is 3.83. The third kappa shape index (κ3) is 4.47. The molecule has 0 fully saturated rings. The number of fused-ring (bicyclic) bond motifs is 10. The fourth-order valence-corrected chi connectivity index (χ4v) is 7.65. The van der Waals surface area contributed by atoms with Gasteiger partial charge in [-0.25, -0.2) is 9.97 Å². The highest BCUT2D eigenvalue weighted by molar-refractivity contribution is 9.10. The summed E-state index contributed by atoms with van der Waals surface area (Å²) in [5.41, 5.74) is 20.3. The van der Waals surface area contributed by atoms with Crippen molar-refractivity contribution in [3.63, 3.8) is 0 Å². The summed E-state index contributed by atoms with van der Waals surface area (Å²) in [6, 6.07) is 24.3. The van der Waals surface area contributed by atoms with Gasteiger partial charge in [0.1, 0.15) is 0 Å². The van der Waals surface area contributed by atoms with Crippen LogP contribution in [0.1, 0.15) is 72.7 Å². The summed E-state index contributed by atoms with van der Waals surface area (Å²) in [6.07, 6.45) is 0. The molecule has 0 radical (unpaired) electrons. The zero-order chi connectivity index (χ0) is 32.9. The van der Waals surface area contributed by atoms with E-state index in [0.29, 0.717) is 0 Å². The molecule has 0 unspecified atom stereocenters. The van der Waals surface area contributed by atoms with Crippen LogP contribution in [0.15, 0.2) is 71.2 Å². The molecule has 4 nitrogen and oxygen atoms in total.